The SMILES string of the molecule is C#CCC(NS(=O)(=O)C1CCCCC1)C(=O)O. The molecule has 6 heteroatoms. The number of terminal acetylenes is 1. The summed E-state index contributed by atoms with van der Waals surface area (Å²) in [4.78, 5) is 10.8. The number of carboxylic acid groups (broad SMARTS) is 1. The van der Waals surface area contributed by atoms with Crippen molar-refractivity contribution < 1.29 is 18.3 Å². The molecule has 1 aliphatic rings. The van der Waals surface area contributed by atoms with Crippen molar-refractivity contribution in [1.82, 2.24) is 4.72 Å². The number of rotatable bonds is 5. The lowest BCUT2D eigenvalue weighted by molar-refractivity contribution is -0.138. The summed E-state index contributed by atoms with van der Waals surface area (Å²) in [5.74, 6) is 0.933. The van der Waals surface area contributed by atoms with Gasteiger partial charge in [-0.15, -0.1) is 12.3 Å². The zero-order valence-corrected chi connectivity index (χ0v) is 10.4. The molecule has 0 amide bonds. The normalized spacial score (nSPS) is 19.5. The summed E-state index contributed by atoms with van der Waals surface area (Å²) in [7, 11) is -3.58. The molecule has 1 rings (SSSR count). The van der Waals surface area contributed by atoms with Gasteiger partial charge in [-0.3, -0.25) is 4.79 Å². The molecule has 1 unspecified atom stereocenters. The Bertz CT molecular complexity index is 404. The largest absolute Gasteiger partial charge is 0.480 e. The van der Waals surface area contributed by atoms with Gasteiger partial charge in [0.05, 0.1) is 5.25 Å². The summed E-state index contributed by atoms with van der Waals surface area (Å²) in [6.45, 7) is 0. The molecular formula is C11H17NO4S. The van der Waals surface area contributed by atoms with Gasteiger partial charge in [-0.05, 0) is 12.8 Å². The van der Waals surface area contributed by atoms with Crippen LogP contribution in [0.1, 0.15) is 38.5 Å². The van der Waals surface area contributed by atoms with Crippen molar-refractivity contribution in [3.05, 3.63) is 0 Å². The van der Waals surface area contributed by atoms with Crippen LogP contribution in [0.3, 0.4) is 0 Å². The van der Waals surface area contributed by atoms with Gasteiger partial charge in [-0.25, -0.2) is 8.42 Å². The molecule has 0 aliphatic heterocycles. The standard InChI is InChI=1S/C11H17NO4S/c1-2-6-10(11(13)14)12-17(15,16)9-7-4-3-5-8-9/h1,9-10,12H,3-8H2,(H,13,14). The van der Waals surface area contributed by atoms with Crippen molar-refractivity contribution >= 4 is 16.0 Å². The molecule has 17 heavy (non-hydrogen) atoms. The van der Waals surface area contributed by atoms with Crippen LogP contribution in [0.25, 0.3) is 0 Å². The minimum absolute atomic E-state index is 0.138. The van der Waals surface area contributed by atoms with E-state index in [1.54, 1.807) is 0 Å². The van der Waals surface area contributed by atoms with Gasteiger partial charge in [-0.2, -0.15) is 4.72 Å². The lowest BCUT2D eigenvalue weighted by atomic mass is 10.0. The Morgan fingerprint density at radius 3 is 2.47 bits per heavy atom. The molecule has 0 heterocycles. The van der Waals surface area contributed by atoms with Crippen LogP contribution < -0.4 is 4.72 Å². The second-order valence-electron chi connectivity index (χ2n) is 4.22. The van der Waals surface area contributed by atoms with Gasteiger partial charge < -0.3 is 5.11 Å². The number of aliphatic carboxylic acids is 1. The van der Waals surface area contributed by atoms with Crippen LogP contribution in [0.2, 0.25) is 0 Å². The maximum absolute atomic E-state index is 11.9. The third-order valence-corrected chi connectivity index (χ3v) is 4.88. The second-order valence-corrected chi connectivity index (χ2v) is 6.21. The van der Waals surface area contributed by atoms with E-state index in [4.69, 9.17) is 11.5 Å². The van der Waals surface area contributed by atoms with Gasteiger partial charge in [0.15, 0.2) is 0 Å². The van der Waals surface area contributed by atoms with Crippen molar-refractivity contribution in [2.24, 2.45) is 0 Å². The topological polar surface area (TPSA) is 83.5 Å². The van der Waals surface area contributed by atoms with E-state index in [0.29, 0.717) is 12.8 Å². The minimum Gasteiger partial charge on any atom is -0.480 e. The highest BCUT2D eigenvalue weighted by molar-refractivity contribution is 7.90. The van der Waals surface area contributed by atoms with Gasteiger partial charge in [0.1, 0.15) is 6.04 Å². The molecule has 0 saturated heterocycles. The van der Waals surface area contributed by atoms with Gasteiger partial charge in [0.2, 0.25) is 10.0 Å². The summed E-state index contributed by atoms with van der Waals surface area (Å²) < 4.78 is 26.1. The molecule has 1 saturated carbocycles. The Labute approximate surface area is 102 Å². The minimum atomic E-state index is -3.58. The Kier molecular flexibility index (Phi) is 4.97. The molecule has 96 valence electrons. The zero-order valence-electron chi connectivity index (χ0n) is 9.55. The molecule has 0 aromatic heterocycles. The van der Waals surface area contributed by atoms with Crippen molar-refractivity contribution in [2.75, 3.05) is 0 Å². The highest BCUT2D eigenvalue weighted by Gasteiger charge is 2.31. The predicted molar refractivity (Wildman–Crippen MR) is 63.8 cm³/mol. The predicted octanol–water partition coefficient (Wildman–Crippen LogP) is 0.715. The molecule has 0 aromatic carbocycles. The Morgan fingerprint density at radius 2 is 2.00 bits per heavy atom. The quantitative estimate of drug-likeness (QED) is 0.712. The van der Waals surface area contributed by atoms with E-state index in [0.717, 1.165) is 19.3 Å². The lowest BCUT2D eigenvalue weighted by Gasteiger charge is -2.23. The molecule has 2 N–H and O–H groups in total. The van der Waals surface area contributed by atoms with Crippen LogP contribution in [-0.4, -0.2) is 30.8 Å². The van der Waals surface area contributed by atoms with Crippen molar-refractivity contribution in [3.63, 3.8) is 0 Å². The number of carbonyl (C=O) groups is 1. The fourth-order valence-electron chi connectivity index (χ4n) is 1.97. The van der Waals surface area contributed by atoms with Crippen LogP contribution in [0.5, 0.6) is 0 Å². The van der Waals surface area contributed by atoms with E-state index in [-0.39, 0.29) is 6.42 Å². The van der Waals surface area contributed by atoms with E-state index in [1.807, 2.05) is 0 Å². The number of hydrogen-bond donors (Lipinski definition) is 2. The van der Waals surface area contributed by atoms with Gasteiger partial charge in [0.25, 0.3) is 0 Å². The monoisotopic (exact) mass is 259 g/mol. The maximum atomic E-state index is 11.9. The zero-order chi connectivity index (χ0) is 12.9. The molecule has 1 aliphatic carbocycles. The van der Waals surface area contributed by atoms with Crippen LogP contribution in [0.4, 0.5) is 0 Å². The maximum Gasteiger partial charge on any atom is 0.322 e. The van der Waals surface area contributed by atoms with Crippen LogP contribution >= 0.6 is 0 Å². The van der Waals surface area contributed by atoms with E-state index in [9.17, 15) is 13.2 Å². The third-order valence-electron chi connectivity index (χ3n) is 2.92. The molecule has 0 spiro atoms. The molecular weight excluding hydrogens is 242 g/mol. The summed E-state index contributed by atoms with van der Waals surface area (Å²) in [5.41, 5.74) is 0. The first-order chi connectivity index (χ1) is 7.97. The lowest BCUT2D eigenvalue weighted by Crippen LogP contribution is -2.45. The molecule has 5 nitrogen and oxygen atoms in total. The number of hydrogen-bond acceptors (Lipinski definition) is 3. The fraction of sp³-hybridized carbons (Fsp3) is 0.727. The molecule has 1 atom stereocenters. The molecule has 0 aromatic rings. The van der Waals surface area contributed by atoms with Crippen molar-refractivity contribution in [2.45, 2.75) is 49.8 Å². The van der Waals surface area contributed by atoms with Crippen LogP contribution in [-0.2, 0) is 14.8 Å². The Morgan fingerprint density at radius 1 is 1.41 bits per heavy atom. The Hall–Kier alpha value is -1.06. The Balaban J connectivity index is 2.69. The summed E-state index contributed by atoms with van der Waals surface area (Å²) in [6.07, 6.45) is 8.86. The summed E-state index contributed by atoms with van der Waals surface area (Å²) in [6, 6.07) is -1.22. The van der Waals surface area contributed by atoms with Crippen LogP contribution in [0.15, 0.2) is 0 Å². The van der Waals surface area contributed by atoms with E-state index in [1.165, 1.54) is 0 Å². The second kappa shape index (κ2) is 6.03. The van der Waals surface area contributed by atoms with Gasteiger partial charge in [0, 0.05) is 6.42 Å². The van der Waals surface area contributed by atoms with Gasteiger partial charge >= 0.3 is 5.97 Å². The smallest absolute Gasteiger partial charge is 0.322 e. The first kappa shape index (κ1) is 14.0. The number of nitrogens with one attached hydrogen (secondary N) is 1. The first-order valence-electron chi connectivity index (χ1n) is 5.65. The van der Waals surface area contributed by atoms with Gasteiger partial charge in [-0.1, -0.05) is 19.3 Å². The third kappa shape index (κ3) is 4.02. The highest BCUT2D eigenvalue weighted by atomic mass is 32.2. The van der Waals surface area contributed by atoms with E-state index < -0.39 is 27.3 Å². The van der Waals surface area contributed by atoms with Crippen molar-refractivity contribution in [1.29, 1.82) is 0 Å². The average molecular weight is 259 g/mol. The number of sulfonamides is 1. The summed E-state index contributed by atoms with van der Waals surface area (Å²) >= 11 is 0. The summed E-state index contributed by atoms with van der Waals surface area (Å²) in [5, 5.41) is 8.37. The van der Waals surface area contributed by atoms with Crippen molar-refractivity contribution in [3.8, 4) is 12.3 Å². The van der Waals surface area contributed by atoms with E-state index >= 15 is 0 Å². The first-order valence-corrected chi connectivity index (χ1v) is 7.19. The highest BCUT2D eigenvalue weighted by Crippen LogP contribution is 2.23. The number of carboxylic acids is 1. The van der Waals surface area contributed by atoms with E-state index in [2.05, 4.69) is 10.6 Å². The fourth-order valence-corrected chi connectivity index (χ4v) is 3.69. The molecule has 0 bridgehead atoms. The van der Waals surface area contributed by atoms with Crippen LogP contribution in [0, 0.1) is 12.3 Å². The molecule has 0 radical (unpaired) electrons. The average Bonchev–Trinajstić information content (AvgIpc) is 2.29. The molecule has 1 fully saturated rings.